The molecule has 9 aliphatic rings. The lowest BCUT2D eigenvalue weighted by atomic mass is 9.68. The van der Waals surface area contributed by atoms with E-state index in [-0.39, 0.29) is 14.9 Å². The van der Waals surface area contributed by atoms with E-state index in [9.17, 15) is 0 Å². The van der Waals surface area contributed by atoms with Crippen molar-refractivity contribution in [2.45, 2.75) is 112 Å². The topological polar surface area (TPSA) is 0 Å². The van der Waals surface area contributed by atoms with Crippen molar-refractivity contribution in [3.8, 4) is 0 Å². The summed E-state index contributed by atoms with van der Waals surface area (Å²) in [4.78, 5) is 0. The maximum Gasteiger partial charge on any atom is -0.0352 e. The molecular formula is C28H50. The maximum atomic E-state index is 2.42. The summed E-state index contributed by atoms with van der Waals surface area (Å²) in [5, 5.41) is 0. The van der Waals surface area contributed by atoms with Gasteiger partial charge in [-0.1, -0.05) is 41.0 Å². The minimum atomic E-state index is 0. The van der Waals surface area contributed by atoms with Crippen LogP contribution in [0.5, 0.6) is 0 Å². The molecule has 0 spiro atoms. The summed E-state index contributed by atoms with van der Waals surface area (Å²) < 4.78 is 0. The third-order valence-electron chi connectivity index (χ3n) is 10.5. The maximum absolute atomic E-state index is 2.42. The minimum Gasteiger partial charge on any atom is -0.0776 e. The molecule has 0 aromatic carbocycles. The number of rotatable bonds is 0. The van der Waals surface area contributed by atoms with E-state index in [4.69, 9.17) is 0 Å². The quantitative estimate of drug-likeness (QED) is 0.391. The van der Waals surface area contributed by atoms with Gasteiger partial charge in [0.15, 0.2) is 0 Å². The molecule has 0 radical (unpaired) electrons. The third kappa shape index (κ3) is 4.23. The van der Waals surface area contributed by atoms with E-state index in [1.54, 1.807) is 89.9 Å². The molecular weight excluding hydrogens is 336 g/mol. The molecule has 6 bridgehead atoms. The van der Waals surface area contributed by atoms with Crippen LogP contribution in [0.1, 0.15) is 112 Å². The van der Waals surface area contributed by atoms with Gasteiger partial charge in [0.05, 0.1) is 0 Å². The molecule has 0 amide bonds. The smallest absolute Gasteiger partial charge is 0.0352 e. The monoisotopic (exact) mass is 386 g/mol. The highest BCUT2D eigenvalue weighted by molar-refractivity contribution is 5.10. The molecule has 0 aromatic heterocycles. The van der Waals surface area contributed by atoms with Crippen molar-refractivity contribution in [2.24, 2.45) is 65.1 Å². The molecule has 0 heterocycles. The first kappa shape index (κ1) is 21.2. The zero-order valence-electron chi connectivity index (χ0n) is 17.3. The van der Waals surface area contributed by atoms with Gasteiger partial charge in [-0.05, 0) is 136 Å². The Labute approximate surface area is 177 Å². The van der Waals surface area contributed by atoms with Crippen molar-refractivity contribution >= 4 is 0 Å². The van der Waals surface area contributed by atoms with E-state index >= 15 is 0 Å². The van der Waals surface area contributed by atoms with Crippen LogP contribution in [0.2, 0.25) is 0 Å². The van der Waals surface area contributed by atoms with Crippen LogP contribution >= 0.6 is 0 Å². The van der Waals surface area contributed by atoms with Gasteiger partial charge in [-0.2, -0.15) is 0 Å². The first-order chi connectivity index (χ1) is 12.7. The second kappa shape index (κ2) is 8.26. The summed E-state index contributed by atoms with van der Waals surface area (Å²) in [5.74, 6) is 13.0. The molecule has 7 atom stereocenters. The lowest BCUT2D eigenvalue weighted by Crippen LogP contribution is -2.26. The van der Waals surface area contributed by atoms with Gasteiger partial charge in [-0.3, -0.25) is 0 Å². The number of hydrogen-bond acceptors (Lipinski definition) is 0. The van der Waals surface area contributed by atoms with Crippen molar-refractivity contribution in [3.63, 3.8) is 0 Å². The van der Waals surface area contributed by atoms with Gasteiger partial charge in [-0.25, -0.2) is 0 Å². The molecule has 0 N–H and O–H groups in total. The lowest BCUT2D eigenvalue weighted by molar-refractivity contribution is 0.134. The molecule has 0 aromatic rings. The van der Waals surface area contributed by atoms with E-state index in [0.717, 1.165) is 29.6 Å². The first-order valence-corrected chi connectivity index (χ1v) is 12.7. The summed E-state index contributed by atoms with van der Waals surface area (Å²) in [6.07, 6.45) is 22.2. The van der Waals surface area contributed by atoms with Gasteiger partial charge in [0.25, 0.3) is 0 Å². The fraction of sp³-hybridized carbons (Fsp3) is 1.00. The van der Waals surface area contributed by atoms with Crippen LogP contribution in [-0.4, -0.2) is 0 Å². The largest absolute Gasteiger partial charge is 0.0776 e. The summed E-state index contributed by atoms with van der Waals surface area (Å²) in [6.45, 7) is 2.42. The molecule has 162 valence electrons. The summed E-state index contributed by atoms with van der Waals surface area (Å²) in [5.41, 5.74) is 0. The normalized spacial score (nSPS) is 54.5. The fourth-order valence-electron chi connectivity index (χ4n) is 9.15. The van der Waals surface area contributed by atoms with E-state index in [1.807, 2.05) is 0 Å². The summed E-state index contributed by atoms with van der Waals surface area (Å²) >= 11 is 0. The molecule has 28 heavy (non-hydrogen) atoms. The zero-order chi connectivity index (χ0) is 17.3. The second-order valence-electron chi connectivity index (χ2n) is 12.4. The Hall–Kier alpha value is 0. The first-order valence-electron chi connectivity index (χ1n) is 12.7. The van der Waals surface area contributed by atoms with Crippen LogP contribution in [0, 0.1) is 65.1 Å². The second-order valence-corrected chi connectivity index (χ2v) is 12.4. The summed E-state index contributed by atoms with van der Waals surface area (Å²) in [7, 11) is 0. The van der Waals surface area contributed by atoms with Crippen LogP contribution in [0.15, 0.2) is 0 Å². The summed E-state index contributed by atoms with van der Waals surface area (Å²) in [6, 6.07) is 0. The highest BCUT2D eigenvalue weighted by atomic mass is 14.7. The third-order valence-corrected chi connectivity index (χ3v) is 10.5. The van der Waals surface area contributed by atoms with Crippen molar-refractivity contribution in [1.82, 2.24) is 0 Å². The van der Waals surface area contributed by atoms with Crippen molar-refractivity contribution in [2.75, 3.05) is 0 Å². The standard InChI is InChI=1S/C11H18.C8H14.C7H10.2CH4/c1-2-9-5-10-3-8(1)4-11(6-9)7-10;1-6-4-7-2-3-8(6)5-7;1-4-2-6(4)7-3-5(1)7;;/h8-11H,1-7H2;6-8H,2-5H2,1H3;4-7H,1-3H2;2*1H4. The Morgan fingerprint density at radius 2 is 0.857 bits per heavy atom. The van der Waals surface area contributed by atoms with Crippen molar-refractivity contribution in [1.29, 1.82) is 0 Å². The molecule has 9 aliphatic carbocycles. The Morgan fingerprint density at radius 1 is 0.393 bits per heavy atom. The SMILES string of the molecule is C.C.C1C2CC2C2CC12.C1CC2CC3CC1CC(C2)C3.CC1CC2CCC1C2. The molecule has 9 fully saturated rings. The number of hydrogen-bond donors (Lipinski definition) is 0. The minimum absolute atomic E-state index is 0. The molecule has 7 unspecified atom stereocenters. The highest BCUT2D eigenvalue weighted by Crippen LogP contribution is 2.69. The van der Waals surface area contributed by atoms with Gasteiger partial charge in [0, 0.05) is 0 Å². The predicted octanol–water partition coefficient (Wildman–Crippen LogP) is 8.60. The van der Waals surface area contributed by atoms with Gasteiger partial charge < -0.3 is 0 Å². The van der Waals surface area contributed by atoms with Crippen LogP contribution in [0.4, 0.5) is 0 Å². The molecule has 9 saturated carbocycles. The van der Waals surface area contributed by atoms with E-state index in [0.29, 0.717) is 0 Å². The van der Waals surface area contributed by atoms with Gasteiger partial charge >= 0.3 is 0 Å². The highest BCUT2D eigenvalue weighted by Gasteiger charge is 2.61. The lowest BCUT2D eigenvalue weighted by Gasteiger charge is -2.38. The van der Waals surface area contributed by atoms with Crippen LogP contribution < -0.4 is 0 Å². The Kier molecular flexibility index (Phi) is 6.27. The molecule has 0 heteroatoms. The molecule has 0 aliphatic heterocycles. The zero-order valence-corrected chi connectivity index (χ0v) is 17.3. The van der Waals surface area contributed by atoms with E-state index in [2.05, 4.69) is 6.92 Å². The average molecular weight is 387 g/mol. The Bertz CT molecular complexity index is 472. The average Bonchev–Trinajstić information content (AvgIpc) is 3.48. The Morgan fingerprint density at radius 3 is 1.18 bits per heavy atom. The van der Waals surface area contributed by atoms with Crippen molar-refractivity contribution in [3.05, 3.63) is 0 Å². The molecule has 0 nitrogen and oxygen atoms in total. The molecule has 9 rings (SSSR count). The van der Waals surface area contributed by atoms with Crippen LogP contribution in [-0.2, 0) is 0 Å². The van der Waals surface area contributed by atoms with Crippen LogP contribution in [0.25, 0.3) is 0 Å². The molecule has 0 saturated heterocycles. The van der Waals surface area contributed by atoms with Gasteiger partial charge in [0.1, 0.15) is 0 Å². The number of fused-ring (bicyclic) bond motifs is 6. The Balaban J connectivity index is 0.000000102. The fourth-order valence-corrected chi connectivity index (χ4v) is 9.15. The van der Waals surface area contributed by atoms with E-state index in [1.165, 1.54) is 35.5 Å². The predicted molar refractivity (Wildman–Crippen MR) is 122 cm³/mol. The van der Waals surface area contributed by atoms with Crippen molar-refractivity contribution < 1.29 is 0 Å². The van der Waals surface area contributed by atoms with Gasteiger partial charge in [0.2, 0.25) is 0 Å². The van der Waals surface area contributed by atoms with Crippen LogP contribution in [0.3, 0.4) is 0 Å². The van der Waals surface area contributed by atoms with Gasteiger partial charge in [-0.15, -0.1) is 0 Å². The van der Waals surface area contributed by atoms with E-state index < -0.39 is 0 Å².